The van der Waals surface area contributed by atoms with Crippen LogP contribution in [0.2, 0.25) is 0 Å². The fourth-order valence-electron chi connectivity index (χ4n) is 0.772. The lowest BCUT2D eigenvalue weighted by molar-refractivity contribution is -0.861. The van der Waals surface area contributed by atoms with Gasteiger partial charge in [0.2, 0.25) is 0 Å². The smallest absolute Gasteiger partial charge is 0.382 e. The number of hydrogen-bond donors (Lipinski definition) is 0. The maximum atomic E-state index is 11.5. The number of carbonyl (C=O) groups is 1. The molecular weight excluding hydrogens is 217 g/mol. The molecule has 6 heteroatoms. The Labute approximate surface area is 91.1 Å². The fraction of sp³-hybridized carbons (Fsp3) is 0.556. The second-order valence-electron chi connectivity index (χ2n) is 3.92. The van der Waals surface area contributed by atoms with Gasteiger partial charge in [-0.3, -0.25) is 0 Å². The van der Waals surface area contributed by atoms with Gasteiger partial charge in [0.05, 0.1) is 21.1 Å². The molecule has 0 aliphatic carbocycles. The summed E-state index contributed by atoms with van der Waals surface area (Å²) in [4.78, 5) is 22.3. The Morgan fingerprint density at radius 3 is 2.40 bits per heavy atom. The van der Waals surface area contributed by atoms with Gasteiger partial charge in [0.1, 0.15) is 0 Å². The van der Waals surface area contributed by atoms with Crippen LogP contribution < -0.4 is 4.89 Å². The van der Waals surface area contributed by atoms with E-state index < -0.39 is 14.0 Å². The Hall–Kier alpha value is -0.740. The van der Waals surface area contributed by atoms with Gasteiger partial charge >= 0.3 is 19.4 Å². The summed E-state index contributed by atoms with van der Waals surface area (Å²) in [7, 11) is 4.90. The molecule has 86 valence electrons. The van der Waals surface area contributed by atoms with Gasteiger partial charge < -0.3 is 14.1 Å². The van der Waals surface area contributed by atoms with E-state index in [4.69, 9.17) is 4.74 Å². The van der Waals surface area contributed by atoms with Crippen LogP contribution in [0, 0.1) is 0 Å². The summed E-state index contributed by atoms with van der Waals surface area (Å²) in [6, 6.07) is 0. The molecule has 0 heterocycles. The van der Waals surface area contributed by atoms with E-state index in [2.05, 4.69) is 11.1 Å². The van der Waals surface area contributed by atoms with Gasteiger partial charge in [0.15, 0.2) is 6.54 Å². The highest BCUT2D eigenvalue weighted by molar-refractivity contribution is 7.47. The molecule has 0 fully saturated rings. The Morgan fingerprint density at radius 1 is 1.53 bits per heavy atom. The highest BCUT2D eigenvalue weighted by Crippen LogP contribution is 2.17. The van der Waals surface area contributed by atoms with Crippen molar-refractivity contribution >= 4 is 19.4 Å². The van der Waals surface area contributed by atoms with Crippen molar-refractivity contribution in [2.24, 2.45) is 0 Å². The summed E-state index contributed by atoms with van der Waals surface area (Å²) < 4.78 is 10.1. The molecule has 0 radical (unpaired) electrons. The minimum Gasteiger partial charge on any atom is -0.593 e. The summed E-state index contributed by atoms with van der Waals surface area (Å²) in [6.45, 7) is 3.63. The van der Waals surface area contributed by atoms with Crippen LogP contribution in [0.25, 0.3) is 0 Å². The van der Waals surface area contributed by atoms with Crippen molar-refractivity contribution in [2.75, 3.05) is 34.8 Å². The standard InChI is InChI=1S/C9H17NO4P/c1-6-8(11)14-15(12)9(13-5)7-10(2,3)4/h6H,1,7H2,2-5H3/q+1. The largest absolute Gasteiger partial charge is 0.593 e. The van der Waals surface area contributed by atoms with Crippen LogP contribution in [-0.2, 0) is 14.1 Å². The van der Waals surface area contributed by atoms with E-state index in [-0.39, 0.29) is 5.48 Å². The van der Waals surface area contributed by atoms with E-state index in [1.807, 2.05) is 21.1 Å². The Bertz CT molecular complexity index is 280. The van der Waals surface area contributed by atoms with E-state index in [9.17, 15) is 9.69 Å². The molecule has 0 aromatic heterocycles. The van der Waals surface area contributed by atoms with E-state index in [1.54, 1.807) is 0 Å². The topological polar surface area (TPSA) is 58.6 Å². The van der Waals surface area contributed by atoms with Crippen molar-refractivity contribution in [2.45, 2.75) is 0 Å². The van der Waals surface area contributed by atoms with Crippen LogP contribution in [0.1, 0.15) is 0 Å². The SMILES string of the molecule is C=CC(=O)O/[P+]([O-])=C(/C[N+](C)(C)C)OC. The van der Waals surface area contributed by atoms with Crippen LogP contribution in [0.4, 0.5) is 0 Å². The summed E-state index contributed by atoms with van der Waals surface area (Å²) in [6.07, 6.45) is 0.965. The van der Waals surface area contributed by atoms with E-state index in [0.717, 1.165) is 6.08 Å². The first-order valence-electron chi connectivity index (χ1n) is 4.32. The molecule has 0 aromatic rings. The maximum Gasteiger partial charge on any atom is 0.382 e. The number of rotatable bonds is 5. The number of nitrogens with zero attached hydrogens (tertiary/aromatic N) is 1. The monoisotopic (exact) mass is 234 g/mol. The van der Waals surface area contributed by atoms with Gasteiger partial charge in [-0.1, -0.05) is 6.58 Å². The fourth-order valence-corrected chi connectivity index (χ4v) is 1.80. The maximum absolute atomic E-state index is 11.5. The van der Waals surface area contributed by atoms with Crippen molar-refractivity contribution < 1.29 is 23.4 Å². The lowest BCUT2D eigenvalue weighted by Crippen LogP contribution is -2.40. The molecular formula is C9H17NO4P+. The quantitative estimate of drug-likeness (QED) is 0.378. The molecule has 0 rings (SSSR count). The zero-order chi connectivity index (χ0) is 12.1. The lowest BCUT2D eigenvalue weighted by Gasteiger charge is -2.22. The molecule has 0 aliphatic heterocycles. The molecule has 0 saturated heterocycles. The highest BCUT2D eigenvalue weighted by Gasteiger charge is 2.22. The van der Waals surface area contributed by atoms with Gasteiger partial charge in [0, 0.05) is 13.2 Å². The number of carbonyl (C=O) groups excluding carboxylic acids is 1. The van der Waals surface area contributed by atoms with Crippen molar-refractivity contribution in [3.8, 4) is 0 Å². The molecule has 0 aliphatic rings. The number of hydrogen-bond acceptors (Lipinski definition) is 4. The van der Waals surface area contributed by atoms with Crippen LogP contribution in [0.3, 0.4) is 0 Å². The average molecular weight is 234 g/mol. The molecule has 0 bridgehead atoms. The molecule has 0 N–H and O–H groups in total. The van der Waals surface area contributed by atoms with Crippen molar-refractivity contribution in [1.82, 2.24) is 0 Å². The van der Waals surface area contributed by atoms with E-state index in [0.29, 0.717) is 11.0 Å². The third-order valence-corrected chi connectivity index (χ3v) is 2.47. The third-order valence-electron chi connectivity index (χ3n) is 1.39. The molecule has 1 atom stereocenters. The number of methoxy groups -OCH3 is 1. The average Bonchev–Trinajstić information content (AvgIpc) is 2.12. The second-order valence-corrected chi connectivity index (χ2v) is 5.11. The van der Waals surface area contributed by atoms with E-state index >= 15 is 0 Å². The molecule has 0 saturated carbocycles. The molecule has 0 aromatic carbocycles. The van der Waals surface area contributed by atoms with Gasteiger partial charge in [-0.05, 0) is 0 Å². The van der Waals surface area contributed by atoms with Crippen LogP contribution in [0.5, 0.6) is 0 Å². The van der Waals surface area contributed by atoms with Gasteiger partial charge in [-0.15, -0.1) is 0 Å². The highest BCUT2D eigenvalue weighted by atomic mass is 31.1. The number of ether oxygens (including phenoxy) is 1. The van der Waals surface area contributed by atoms with Crippen LogP contribution in [-0.4, -0.2) is 50.7 Å². The van der Waals surface area contributed by atoms with Crippen LogP contribution in [0.15, 0.2) is 12.7 Å². The summed E-state index contributed by atoms with van der Waals surface area (Å²) in [5, 5.41) is 0. The molecule has 0 amide bonds. The number of quaternary nitrogens is 1. The minimum atomic E-state index is -2.25. The Balaban J connectivity index is 4.67. The Kier molecular flexibility index (Phi) is 5.68. The van der Waals surface area contributed by atoms with Crippen molar-refractivity contribution in [3.63, 3.8) is 0 Å². The van der Waals surface area contributed by atoms with Crippen LogP contribution >= 0.6 is 8.00 Å². The first-order valence-corrected chi connectivity index (χ1v) is 5.50. The molecule has 5 nitrogen and oxygen atoms in total. The summed E-state index contributed by atoms with van der Waals surface area (Å²) in [5.41, 5.74) is 0.257. The Morgan fingerprint density at radius 2 is 2.07 bits per heavy atom. The summed E-state index contributed by atoms with van der Waals surface area (Å²) >= 11 is 0. The van der Waals surface area contributed by atoms with E-state index in [1.165, 1.54) is 7.11 Å². The number of likely N-dealkylation sites (N-methyl/N-ethyl adjacent to an activating group) is 1. The van der Waals surface area contributed by atoms with Gasteiger partial charge in [-0.25, -0.2) is 9.32 Å². The molecule has 15 heavy (non-hydrogen) atoms. The normalized spacial score (nSPS) is 13.1. The molecule has 0 spiro atoms. The third kappa shape index (κ3) is 6.36. The minimum absolute atomic E-state index is 0.257. The predicted molar refractivity (Wildman–Crippen MR) is 58.1 cm³/mol. The first-order chi connectivity index (χ1) is 6.80. The lowest BCUT2D eigenvalue weighted by atomic mass is 10.5. The van der Waals surface area contributed by atoms with Crippen molar-refractivity contribution in [3.05, 3.63) is 12.7 Å². The summed E-state index contributed by atoms with van der Waals surface area (Å²) in [5.74, 6) is -0.716. The zero-order valence-corrected chi connectivity index (χ0v) is 10.4. The van der Waals surface area contributed by atoms with Gasteiger partial charge in [-0.2, -0.15) is 0 Å². The zero-order valence-electron chi connectivity index (χ0n) is 9.52. The first kappa shape index (κ1) is 14.3. The molecule has 1 unspecified atom stereocenters. The van der Waals surface area contributed by atoms with Crippen molar-refractivity contribution in [1.29, 1.82) is 0 Å². The van der Waals surface area contributed by atoms with Gasteiger partial charge in [0.25, 0.3) is 0 Å². The second kappa shape index (κ2) is 5.98. The predicted octanol–water partition coefficient (Wildman–Crippen LogP) is -0.130.